The molecule has 0 atom stereocenters. The maximum atomic E-state index is 11.6. The highest BCUT2D eigenvalue weighted by Gasteiger charge is 2.15. The van der Waals surface area contributed by atoms with E-state index in [1.165, 1.54) is 0 Å². The van der Waals surface area contributed by atoms with Crippen molar-refractivity contribution in [1.29, 1.82) is 0 Å². The fraction of sp³-hybridized carbons (Fsp3) is 0.316. The van der Waals surface area contributed by atoms with E-state index in [1.54, 1.807) is 12.1 Å². The van der Waals surface area contributed by atoms with E-state index in [0.717, 1.165) is 23.4 Å². The molecule has 128 valence electrons. The highest BCUT2D eigenvalue weighted by Crippen LogP contribution is 2.19. The number of phenolic OH excluding ortho intramolecular Hbond substituents is 1. The summed E-state index contributed by atoms with van der Waals surface area (Å²) in [5.41, 5.74) is 2.52. The van der Waals surface area contributed by atoms with Crippen molar-refractivity contribution in [2.24, 2.45) is 0 Å². The van der Waals surface area contributed by atoms with Crippen LogP contribution in [0.15, 0.2) is 48.5 Å². The minimum Gasteiger partial charge on any atom is -0.508 e. The first-order valence-electron chi connectivity index (χ1n) is 7.94. The van der Waals surface area contributed by atoms with Crippen LogP contribution in [0.2, 0.25) is 0 Å². The number of rotatable bonds is 5. The van der Waals surface area contributed by atoms with Crippen molar-refractivity contribution in [3.63, 3.8) is 0 Å². The summed E-state index contributed by atoms with van der Waals surface area (Å²) in [6.45, 7) is 6.05. The highest BCUT2D eigenvalue weighted by atomic mass is 16.6. The predicted octanol–water partition coefficient (Wildman–Crippen LogP) is 4.20. The summed E-state index contributed by atoms with van der Waals surface area (Å²) in [7, 11) is 0. The summed E-state index contributed by atoms with van der Waals surface area (Å²) in [6, 6.07) is 14.9. The maximum absolute atomic E-state index is 11.6. The Morgan fingerprint density at radius 1 is 1.00 bits per heavy atom. The van der Waals surface area contributed by atoms with Gasteiger partial charge in [-0.25, -0.2) is 4.79 Å². The monoisotopic (exact) mass is 328 g/mol. The van der Waals surface area contributed by atoms with E-state index in [4.69, 9.17) is 4.74 Å². The minimum atomic E-state index is -0.481. The van der Waals surface area contributed by atoms with Crippen LogP contribution >= 0.6 is 0 Å². The first kappa shape index (κ1) is 17.7. The number of phenols is 1. The number of amides is 1. The second-order valence-corrected chi connectivity index (χ2v) is 6.55. The predicted molar refractivity (Wildman–Crippen MR) is 95.8 cm³/mol. The molecule has 2 aromatic carbocycles. The molecule has 0 fully saturated rings. The maximum Gasteiger partial charge on any atom is 0.407 e. The minimum absolute atomic E-state index is 0.244. The van der Waals surface area contributed by atoms with Gasteiger partial charge in [-0.05, 0) is 69.2 Å². The third-order valence-electron chi connectivity index (χ3n) is 3.19. The number of aromatic hydroxyl groups is 1. The van der Waals surface area contributed by atoms with Crippen LogP contribution < -0.4 is 10.6 Å². The Hall–Kier alpha value is -2.69. The molecule has 0 heterocycles. The van der Waals surface area contributed by atoms with Gasteiger partial charge in [0.2, 0.25) is 0 Å². The molecule has 0 radical (unpaired) electrons. The van der Waals surface area contributed by atoms with E-state index in [1.807, 2.05) is 57.2 Å². The van der Waals surface area contributed by atoms with Gasteiger partial charge >= 0.3 is 6.09 Å². The fourth-order valence-corrected chi connectivity index (χ4v) is 2.09. The number of alkyl carbamates (subject to hydrolysis) is 1. The smallest absolute Gasteiger partial charge is 0.407 e. The summed E-state index contributed by atoms with van der Waals surface area (Å²) in [6.07, 6.45) is 0.340. The lowest BCUT2D eigenvalue weighted by atomic mass is 10.1. The van der Waals surface area contributed by atoms with Gasteiger partial charge in [0, 0.05) is 17.9 Å². The van der Waals surface area contributed by atoms with Gasteiger partial charge in [-0.15, -0.1) is 0 Å². The van der Waals surface area contributed by atoms with Crippen LogP contribution in [0.25, 0.3) is 0 Å². The molecule has 2 rings (SSSR count). The molecule has 0 saturated heterocycles. The Labute approximate surface area is 142 Å². The normalized spacial score (nSPS) is 11.0. The Kier molecular flexibility index (Phi) is 5.68. The van der Waals surface area contributed by atoms with Gasteiger partial charge < -0.3 is 20.5 Å². The Morgan fingerprint density at radius 2 is 1.54 bits per heavy atom. The van der Waals surface area contributed by atoms with Crippen LogP contribution in [0.3, 0.4) is 0 Å². The summed E-state index contributed by atoms with van der Waals surface area (Å²) >= 11 is 0. The van der Waals surface area contributed by atoms with Gasteiger partial charge in [-0.1, -0.05) is 12.1 Å². The van der Waals surface area contributed by atoms with Crippen LogP contribution in [0.4, 0.5) is 16.2 Å². The number of hydrogen-bond acceptors (Lipinski definition) is 4. The van der Waals surface area contributed by atoms with Crippen LogP contribution in [0.5, 0.6) is 5.75 Å². The van der Waals surface area contributed by atoms with E-state index in [9.17, 15) is 9.90 Å². The lowest BCUT2D eigenvalue weighted by Gasteiger charge is -2.19. The Morgan fingerprint density at radius 3 is 2.08 bits per heavy atom. The van der Waals surface area contributed by atoms with Gasteiger partial charge in [-0.3, -0.25) is 0 Å². The summed E-state index contributed by atoms with van der Waals surface area (Å²) in [4.78, 5) is 11.6. The van der Waals surface area contributed by atoms with Crippen LogP contribution in [0.1, 0.15) is 26.3 Å². The zero-order valence-corrected chi connectivity index (χ0v) is 14.3. The van der Waals surface area contributed by atoms with Gasteiger partial charge in [0.1, 0.15) is 11.4 Å². The number of carbonyl (C=O) groups is 1. The molecule has 1 amide bonds. The molecule has 2 aromatic rings. The van der Waals surface area contributed by atoms with Gasteiger partial charge in [-0.2, -0.15) is 0 Å². The lowest BCUT2D eigenvalue weighted by Crippen LogP contribution is -2.33. The quantitative estimate of drug-likeness (QED) is 0.719. The first-order chi connectivity index (χ1) is 11.3. The molecular weight excluding hydrogens is 304 g/mol. The van der Waals surface area contributed by atoms with Crippen LogP contribution in [-0.2, 0) is 11.2 Å². The van der Waals surface area contributed by atoms with Crippen LogP contribution in [-0.4, -0.2) is 23.3 Å². The van der Waals surface area contributed by atoms with Gasteiger partial charge in [0.25, 0.3) is 0 Å². The van der Waals surface area contributed by atoms with Crippen molar-refractivity contribution in [3.8, 4) is 5.75 Å². The number of ether oxygens (including phenoxy) is 1. The van der Waals surface area contributed by atoms with Crippen molar-refractivity contribution < 1.29 is 14.6 Å². The molecule has 0 saturated carbocycles. The van der Waals surface area contributed by atoms with Crippen molar-refractivity contribution in [2.45, 2.75) is 32.8 Å². The Bertz CT molecular complexity index is 659. The third-order valence-corrected chi connectivity index (χ3v) is 3.19. The van der Waals surface area contributed by atoms with Crippen LogP contribution in [0, 0.1) is 0 Å². The SMILES string of the molecule is CC(C)(C)OC(=O)NCCc1ccc(Nc2ccc(O)cc2)cc1. The van der Waals surface area contributed by atoms with E-state index < -0.39 is 11.7 Å². The molecule has 3 N–H and O–H groups in total. The number of anilines is 2. The zero-order valence-electron chi connectivity index (χ0n) is 14.3. The average Bonchev–Trinajstić information content (AvgIpc) is 2.49. The molecule has 5 heteroatoms. The molecule has 24 heavy (non-hydrogen) atoms. The zero-order chi connectivity index (χ0) is 17.6. The summed E-state index contributed by atoms with van der Waals surface area (Å²) < 4.78 is 5.19. The van der Waals surface area contributed by atoms with E-state index >= 15 is 0 Å². The molecule has 0 aromatic heterocycles. The van der Waals surface area contributed by atoms with Gasteiger partial charge in [0.15, 0.2) is 0 Å². The van der Waals surface area contributed by atoms with Crippen molar-refractivity contribution in [1.82, 2.24) is 5.32 Å². The molecular formula is C19H24N2O3. The number of benzene rings is 2. The standard InChI is InChI=1S/C19H24N2O3/c1-19(2,3)24-18(23)20-13-12-14-4-6-15(7-5-14)21-16-8-10-17(22)11-9-16/h4-11,21-22H,12-13H2,1-3H3,(H,20,23). The number of nitrogens with one attached hydrogen (secondary N) is 2. The molecule has 0 unspecified atom stereocenters. The largest absolute Gasteiger partial charge is 0.508 e. The molecule has 0 aliphatic rings. The topological polar surface area (TPSA) is 70.6 Å². The second kappa shape index (κ2) is 7.73. The van der Waals surface area contributed by atoms with Crippen molar-refractivity contribution in [2.75, 3.05) is 11.9 Å². The fourth-order valence-electron chi connectivity index (χ4n) is 2.09. The van der Waals surface area contributed by atoms with E-state index in [2.05, 4.69) is 10.6 Å². The van der Waals surface area contributed by atoms with E-state index in [-0.39, 0.29) is 5.75 Å². The number of carbonyl (C=O) groups excluding carboxylic acids is 1. The third kappa shape index (κ3) is 6.20. The highest BCUT2D eigenvalue weighted by molar-refractivity contribution is 5.67. The van der Waals surface area contributed by atoms with Gasteiger partial charge in [0.05, 0.1) is 0 Å². The average molecular weight is 328 g/mol. The molecule has 0 aliphatic heterocycles. The first-order valence-corrected chi connectivity index (χ1v) is 7.94. The molecule has 5 nitrogen and oxygen atoms in total. The van der Waals surface area contributed by atoms with Crippen molar-refractivity contribution in [3.05, 3.63) is 54.1 Å². The molecule has 0 bridgehead atoms. The summed E-state index contributed by atoms with van der Waals surface area (Å²) in [5, 5.41) is 15.3. The summed E-state index contributed by atoms with van der Waals surface area (Å²) in [5.74, 6) is 0.244. The van der Waals surface area contributed by atoms with Crippen molar-refractivity contribution >= 4 is 17.5 Å². The molecule has 0 aliphatic carbocycles. The lowest BCUT2D eigenvalue weighted by molar-refractivity contribution is 0.0528. The second-order valence-electron chi connectivity index (χ2n) is 6.55. The Balaban J connectivity index is 1.79. The molecule has 0 spiro atoms. The van der Waals surface area contributed by atoms with E-state index in [0.29, 0.717) is 6.54 Å². The number of hydrogen-bond donors (Lipinski definition) is 3.